The molecule has 4 nitrogen and oxygen atoms in total. The van der Waals surface area contributed by atoms with Gasteiger partial charge in [-0.3, -0.25) is 4.79 Å². The zero-order valence-electron chi connectivity index (χ0n) is 19.3. The number of fused-ring (bicyclic) bond motifs is 3. The molecule has 0 aliphatic carbocycles. The van der Waals surface area contributed by atoms with E-state index in [1.807, 2.05) is 18.0 Å². The molecule has 0 unspecified atom stereocenters. The molecule has 5 heteroatoms. The highest BCUT2D eigenvalue weighted by molar-refractivity contribution is 7.13. The number of amides is 1. The number of rotatable bonds is 4. The van der Waals surface area contributed by atoms with Crippen molar-refractivity contribution in [2.24, 2.45) is 5.92 Å². The number of aromatic nitrogens is 1. The maximum atomic E-state index is 13.5. The lowest BCUT2D eigenvalue weighted by molar-refractivity contribution is 0.0644. The number of phenolic OH excluding ortho intramolecular Hbond substituents is 1. The molecule has 1 amide bonds. The number of thiophene rings is 1. The highest BCUT2D eigenvalue weighted by Crippen LogP contribution is 2.43. The summed E-state index contributed by atoms with van der Waals surface area (Å²) in [5.74, 6) is 0.878. The van der Waals surface area contributed by atoms with Crippen molar-refractivity contribution in [3.63, 3.8) is 0 Å². The van der Waals surface area contributed by atoms with Gasteiger partial charge in [-0.15, -0.1) is 11.3 Å². The van der Waals surface area contributed by atoms with E-state index in [9.17, 15) is 9.90 Å². The Bertz CT molecular complexity index is 1120. The summed E-state index contributed by atoms with van der Waals surface area (Å²) in [6.07, 6.45) is 1.63. The largest absolute Gasteiger partial charge is 0.508 e. The summed E-state index contributed by atoms with van der Waals surface area (Å²) in [7, 11) is 1.88. The second-order valence-corrected chi connectivity index (χ2v) is 10.9. The Morgan fingerprint density at radius 2 is 1.97 bits per heavy atom. The summed E-state index contributed by atoms with van der Waals surface area (Å²) < 4.78 is 2.19. The predicted octanol–water partition coefficient (Wildman–Crippen LogP) is 6.21. The summed E-state index contributed by atoms with van der Waals surface area (Å²) in [6, 6.07) is 10.3. The van der Waals surface area contributed by atoms with Crippen molar-refractivity contribution in [3.05, 3.63) is 52.5 Å². The Labute approximate surface area is 189 Å². The summed E-state index contributed by atoms with van der Waals surface area (Å²) in [5, 5.41) is 12.7. The molecule has 0 saturated carbocycles. The normalized spacial score (nSPS) is 13.3. The van der Waals surface area contributed by atoms with Gasteiger partial charge in [-0.25, -0.2) is 0 Å². The first kappa shape index (κ1) is 21.7. The molecule has 1 N–H and O–H groups in total. The van der Waals surface area contributed by atoms with E-state index >= 15 is 0 Å². The number of benzene rings is 1. The van der Waals surface area contributed by atoms with E-state index in [-0.39, 0.29) is 11.4 Å². The minimum absolute atomic E-state index is 0.0428. The topological polar surface area (TPSA) is 45.5 Å². The van der Waals surface area contributed by atoms with E-state index < -0.39 is 0 Å². The van der Waals surface area contributed by atoms with Crippen LogP contribution in [0.15, 0.2) is 35.7 Å². The lowest BCUT2D eigenvalue weighted by Crippen LogP contribution is -2.43. The first-order valence-corrected chi connectivity index (χ1v) is 11.9. The van der Waals surface area contributed by atoms with Crippen LogP contribution in [0.1, 0.15) is 56.2 Å². The molecule has 0 fully saturated rings. The molecule has 0 radical (unpaired) electrons. The van der Waals surface area contributed by atoms with Crippen molar-refractivity contribution >= 4 is 17.2 Å². The summed E-state index contributed by atoms with van der Waals surface area (Å²) in [4.78, 5) is 16.5. The molecule has 1 aliphatic heterocycles. The van der Waals surface area contributed by atoms with E-state index in [4.69, 9.17) is 0 Å². The van der Waals surface area contributed by atoms with Gasteiger partial charge < -0.3 is 14.6 Å². The van der Waals surface area contributed by atoms with E-state index in [2.05, 4.69) is 68.8 Å². The molecule has 0 bridgehead atoms. The van der Waals surface area contributed by atoms with E-state index in [1.165, 1.54) is 0 Å². The summed E-state index contributed by atoms with van der Waals surface area (Å²) in [5.41, 5.74) is 5.94. The second-order valence-electron chi connectivity index (χ2n) is 9.94. The van der Waals surface area contributed by atoms with E-state index in [0.29, 0.717) is 11.7 Å². The summed E-state index contributed by atoms with van der Waals surface area (Å²) in [6.45, 7) is 11.2. The average molecular weight is 437 g/mol. The predicted molar refractivity (Wildman–Crippen MR) is 129 cm³/mol. The fourth-order valence-corrected chi connectivity index (χ4v) is 5.03. The highest BCUT2D eigenvalue weighted by Gasteiger charge is 2.31. The van der Waals surface area contributed by atoms with Crippen LogP contribution in [-0.2, 0) is 19.4 Å². The van der Waals surface area contributed by atoms with Crippen LogP contribution in [0.5, 0.6) is 5.75 Å². The zero-order valence-corrected chi connectivity index (χ0v) is 20.1. The molecule has 0 atom stereocenters. The van der Waals surface area contributed by atoms with E-state index in [1.54, 1.807) is 11.3 Å². The Morgan fingerprint density at radius 3 is 2.58 bits per heavy atom. The first-order chi connectivity index (χ1) is 14.6. The molecular formula is C26H32N2O2S. The van der Waals surface area contributed by atoms with Gasteiger partial charge in [0, 0.05) is 35.1 Å². The van der Waals surface area contributed by atoms with Crippen molar-refractivity contribution < 1.29 is 9.90 Å². The molecule has 1 aromatic carbocycles. The van der Waals surface area contributed by atoms with Crippen LogP contribution in [0.2, 0.25) is 0 Å². The van der Waals surface area contributed by atoms with Crippen LogP contribution in [0, 0.1) is 5.92 Å². The van der Waals surface area contributed by atoms with Crippen LogP contribution >= 0.6 is 11.3 Å². The Kier molecular flexibility index (Phi) is 5.50. The number of hydrogen-bond acceptors (Lipinski definition) is 3. The van der Waals surface area contributed by atoms with Gasteiger partial charge in [-0.1, -0.05) is 19.9 Å². The van der Waals surface area contributed by atoms with Gasteiger partial charge in [0.15, 0.2) is 0 Å². The molecule has 3 heterocycles. The molecule has 0 spiro atoms. The van der Waals surface area contributed by atoms with Crippen LogP contribution in [0.25, 0.3) is 21.7 Å². The van der Waals surface area contributed by atoms with Gasteiger partial charge in [0.25, 0.3) is 5.91 Å². The monoisotopic (exact) mass is 436 g/mol. The number of phenols is 1. The standard InChI is InChI=1S/C26H32N2O2S/c1-16(2)12-18-13-19-17(14-22(18)29)9-10-28-21(25(30)27(6)26(3,4)5)15-20(24(19)28)23-8-7-11-31-23/h7-8,11,13-16,29H,9-10,12H2,1-6H3. The minimum Gasteiger partial charge on any atom is -0.508 e. The van der Waals surface area contributed by atoms with Gasteiger partial charge in [0.2, 0.25) is 0 Å². The minimum atomic E-state index is -0.256. The van der Waals surface area contributed by atoms with Gasteiger partial charge in [-0.2, -0.15) is 0 Å². The smallest absolute Gasteiger partial charge is 0.270 e. The van der Waals surface area contributed by atoms with Crippen LogP contribution < -0.4 is 0 Å². The van der Waals surface area contributed by atoms with Gasteiger partial charge in [0.1, 0.15) is 11.4 Å². The summed E-state index contributed by atoms with van der Waals surface area (Å²) >= 11 is 1.69. The third kappa shape index (κ3) is 3.91. The quantitative estimate of drug-likeness (QED) is 0.528. The molecule has 1 aliphatic rings. The molecule has 0 saturated heterocycles. The Balaban J connectivity index is 1.93. The zero-order chi connectivity index (χ0) is 22.5. The number of carbonyl (C=O) groups is 1. The average Bonchev–Trinajstić information content (AvgIpc) is 3.34. The number of aromatic hydroxyl groups is 1. The van der Waals surface area contributed by atoms with Crippen molar-refractivity contribution in [3.8, 4) is 27.4 Å². The van der Waals surface area contributed by atoms with Crippen LogP contribution in [-0.4, -0.2) is 33.1 Å². The number of hydrogen-bond donors (Lipinski definition) is 1. The molecule has 2 aromatic heterocycles. The SMILES string of the molecule is CC(C)Cc1cc2c(cc1O)CCn1c(C(=O)N(C)C(C)(C)C)cc(-c3cccs3)c1-2. The van der Waals surface area contributed by atoms with Crippen molar-refractivity contribution in [2.45, 2.75) is 59.5 Å². The number of aryl methyl sites for hydroxylation is 1. The van der Waals surface area contributed by atoms with Crippen molar-refractivity contribution in [2.75, 3.05) is 7.05 Å². The van der Waals surface area contributed by atoms with Crippen LogP contribution in [0.3, 0.4) is 0 Å². The van der Waals surface area contributed by atoms with Crippen molar-refractivity contribution in [1.82, 2.24) is 9.47 Å². The maximum Gasteiger partial charge on any atom is 0.270 e. The van der Waals surface area contributed by atoms with Gasteiger partial charge in [-0.05, 0) is 80.3 Å². The second kappa shape index (κ2) is 7.86. The lowest BCUT2D eigenvalue weighted by atomic mass is 9.91. The Hall–Kier alpha value is -2.53. The third-order valence-corrected chi connectivity index (χ3v) is 7.11. The van der Waals surface area contributed by atoms with Crippen LogP contribution in [0.4, 0.5) is 0 Å². The third-order valence-electron chi connectivity index (χ3n) is 6.21. The molecule has 31 heavy (non-hydrogen) atoms. The number of nitrogens with zero attached hydrogens (tertiary/aromatic N) is 2. The molecular weight excluding hydrogens is 404 g/mol. The highest BCUT2D eigenvalue weighted by atomic mass is 32.1. The number of carbonyl (C=O) groups excluding carboxylic acids is 1. The molecule has 3 aromatic rings. The van der Waals surface area contributed by atoms with Crippen molar-refractivity contribution in [1.29, 1.82) is 0 Å². The molecule has 4 rings (SSSR count). The maximum absolute atomic E-state index is 13.5. The van der Waals surface area contributed by atoms with Gasteiger partial charge >= 0.3 is 0 Å². The Morgan fingerprint density at radius 1 is 1.23 bits per heavy atom. The fraction of sp³-hybridized carbons (Fsp3) is 0.423. The molecule has 164 valence electrons. The lowest BCUT2D eigenvalue weighted by Gasteiger charge is -2.32. The fourth-order valence-electron chi connectivity index (χ4n) is 4.28. The van der Waals surface area contributed by atoms with E-state index in [0.717, 1.165) is 57.9 Å². The first-order valence-electron chi connectivity index (χ1n) is 11.0. The van der Waals surface area contributed by atoms with Gasteiger partial charge in [0.05, 0.1) is 5.69 Å².